The maximum atomic E-state index is 11.9. The van der Waals surface area contributed by atoms with E-state index in [2.05, 4.69) is 15.6 Å². The number of aryl methyl sites for hydroxylation is 2. The lowest BCUT2D eigenvalue weighted by Crippen LogP contribution is -2.27. The molecule has 0 radical (unpaired) electrons. The molecule has 5 heteroatoms. The third-order valence-corrected chi connectivity index (χ3v) is 3.07. The Morgan fingerprint density at radius 2 is 1.64 bits per heavy atom. The zero-order valence-electron chi connectivity index (χ0n) is 12.7. The fraction of sp³-hybridized carbons (Fsp3) is 0.235. The van der Waals surface area contributed by atoms with E-state index in [-0.39, 0.29) is 18.2 Å². The van der Waals surface area contributed by atoms with Gasteiger partial charge in [-0.15, -0.1) is 0 Å². The summed E-state index contributed by atoms with van der Waals surface area (Å²) < 4.78 is 0. The molecule has 2 aromatic rings. The molecule has 1 heterocycles. The first kappa shape index (κ1) is 15.7. The number of pyridine rings is 1. The molecule has 1 aromatic heterocycles. The number of amides is 2. The highest BCUT2D eigenvalue weighted by atomic mass is 16.2. The van der Waals surface area contributed by atoms with Crippen LogP contribution in [-0.2, 0) is 16.1 Å². The second-order valence-electron chi connectivity index (χ2n) is 5.23. The minimum Gasteiger partial charge on any atom is -0.352 e. The molecule has 114 valence electrons. The first-order valence-corrected chi connectivity index (χ1v) is 7.06. The van der Waals surface area contributed by atoms with Gasteiger partial charge in [-0.2, -0.15) is 0 Å². The highest BCUT2D eigenvalue weighted by Gasteiger charge is 2.09. The van der Waals surface area contributed by atoms with Gasteiger partial charge >= 0.3 is 0 Å². The summed E-state index contributed by atoms with van der Waals surface area (Å²) >= 11 is 0. The largest absolute Gasteiger partial charge is 0.352 e. The molecule has 0 fully saturated rings. The zero-order chi connectivity index (χ0) is 15.9. The molecule has 0 saturated carbocycles. The van der Waals surface area contributed by atoms with Gasteiger partial charge < -0.3 is 10.6 Å². The average molecular weight is 297 g/mol. The van der Waals surface area contributed by atoms with Gasteiger partial charge in [0.1, 0.15) is 6.42 Å². The second-order valence-corrected chi connectivity index (χ2v) is 5.23. The first-order chi connectivity index (χ1) is 10.5. The van der Waals surface area contributed by atoms with E-state index in [1.807, 2.05) is 44.2 Å². The fourth-order valence-corrected chi connectivity index (χ4v) is 2.16. The van der Waals surface area contributed by atoms with Crippen LogP contribution < -0.4 is 10.6 Å². The van der Waals surface area contributed by atoms with Crippen molar-refractivity contribution in [2.24, 2.45) is 0 Å². The number of rotatable bonds is 5. The third-order valence-electron chi connectivity index (χ3n) is 3.07. The SMILES string of the molecule is Cc1cc(C)cc(NC(=O)CC(=O)NCc2ccncc2)c1. The Kier molecular flexibility index (Phi) is 5.25. The van der Waals surface area contributed by atoms with Crippen LogP contribution in [0.4, 0.5) is 5.69 Å². The summed E-state index contributed by atoms with van der Waals surface area (Å²) in [5.74, 6) is -0.629. The Balaban J connectivity index is 1.82. The van der Waals surface area contributed by atoms with Crippen LogP contribution in [0.2, 0.25) is 0 Å². The third kappa shape index (κ3) is 5.01. The number of carbonyl (C=O) groups excluding carboxylic acids is 2. The van der Waals surface area contributed by atoms with Gasteiger partial charge in [0.2, 0.25) is 11.8 Å². The van der Waals surface area contributed by atoms with E-state index in [9.17, 15) is 9.59 Å². The maximum Gasteiger partial charge on any atom is 0.233 e. The van der Waals surface area contributed by atoms with E-state index in [1.54, 1.807) is 12.4 Å². The van der Waals surface area contributed by atoms with Crippen LogP contribution in [0.25, 0.3) is 0 Å². The van der Waals surface area contributed by atoms with Gasteiger partial charge in [-0.05, 0) is 54.8 Å². The lowest BCUT2D eigenvalue weighted by Gasteiger charge is -2.08. The van der Waals surface area contributed by atoms with E-state index < -0.39 is 0 Å². The fourth-order valence-electron chi connectivity index (χ4n) is 2.16. The highest BCUT2D eigenvalue weighted by Crippen LogP contribution is 2.13. The Morgan fingerprint density at radius 1 is 1.00 bits per heavy atom. The lowest BCUT2D eigenvalue weighted by molar-refractivity contribution is -0.126. The Morgan fingerprint density at radius 3 is 2.27 bits per heavy atom. The molecule has 22 heavy (non-hydrogen) atoms. The van der Waals surface area contributed by atoms with Crippen LogP contribution >= 0.6 is 0 Å². The molecule has 0 aliphatic heterocycles. The van der Waals surface area contributed by atoms with Gasteiger partial charge in [-0.25, -0.2) is 0 Å². The summed E-state index contributed by atoms with van der Waals surface area (Å²) in [5.41, 5.74) is 3.79. The molecule has 0 saturated heterocycles. The summed E-state index contributed by atoms with van der Waals surface area (Å²) in [7, 11) is 0. The van der Waals surface area contributed by atoms with E-state index in [0.29, 0.717) is 12.2 Å². The van der Waals surface area contributed by atoms with Gasteiger partial charge in [0, 0.05) is 24.6 Å². The molecule has 5 nitrogen and oxygen atoms in total. The molecule has 2 N–H and O–H groups in total. The van der Waals surface area contributed by atoms with Crippen molar-refractivity contribution in [1.29, 1.82) is 0 Å². The molecule has 2 rings (SSSR count). The highest BCUT2D eigenvalue weighted by molar-refractivity contribution is 6.03. The average Bonchev–Trinajstić information content (AvgIpc) is 2.45. The van der Waals surface area contributed by atoms with Crippen molar-refractivity contribution in [3.8, 4) is 0 Å². The van der Waals surface area contributed by atoms with Crippen molar-refractivity contribution in [2.45, 2.75) is 26.8 Å². The van der Waals surface area contributed by atoms with Gasteiger partial charge in [0.25, 0.3) is 0 Å². The van der Waals surface area contributed by atoms with Crippen LogP contribution in [0.15, 0.2) is 42.7 Å². The first-order valence-electron chi connectivity index (χ1n) is 7.06. The molecule has 0 bridgehead atoms. The monoisotopic (exact) mass is 297 g/mol. The number of anilines is 1. The molecule has 1 aromatic carbocycles. The molecule has 0 atom stereocenters. The second kappa shape index (κ2) is 7.36. The number of aromatic nitrogens is 1. The van der Waals surface area contributed by atoms with Crippen molar-refractivity contribution >= 4 is 17.5 Å². The van der Waals surface area contributed by atoms with Gasteiger partial charge in [-0.3, -0.25) is 14.6 Å². The Bertz CT molecular complexity index is 649. The molecular formula is C17H19N3O2. The summed E-state index contributed by atoms with van der Waals surface area (Å²) in [4.78, 5) is 27.5. The number of benzene rings is 1. The number of nitrogens with one attached hydrogen (secondary N) is 2. The normalized spacial score (nSPS) is 10.1. The number of hydrogen-bond donors (Lipinski definition) is 2. The molecule has 0 unspecified atom stereocenters. The van der Waals surface area contributed by atoms with Crippen LogP contribution in [0.3, 0.4) is 0 Å². The van der Waals surface area contributed by atoms with Crippen LogP contribution in [0, 0.1) is 13.8 Å². The van der Waals surface area contributed by atoms with Gasteiger partial charge in [-0.1, -0.05) is 6.07 Å². The van der Waals surface area contributed by atoms with E-state index in [0.717, 1.165) is 16.7 Å². The predicted molar refractivity (Wildman–Crippen MR) is 85.2 cm³/mol. The van der Waals surface area contributed by atoms with Crippen LogP contribution in [0.1, 0.15) is 23.1 Å². The summed E-state index contributed by atoms with van der Waals surface area (Å²) in [6.07, 6.45) is 3.13. The zero-order valence-corrected chi connectivity index (χ0v) is 12.7. The summed E-state index contributed by atoms with van der Waals surface area (Å²) in [6.45, 7) is 4.31. The van der Waals surface area contributed by atoms with Crippen molar-refractivity contribution in [3.05, 3.63) is 59.4 Å². The van der Waals surface area contributed by atoms with Crippen molar-refractivity contribution in [1.82, 2.24) is 10.3 Å². The van der Waals surface area contributed by atoms with E-state index in [4.69, 9.17) is 0 Å². The van der Waals surface area contributed by atoms with Gasteiger partial charge in [0.15, 0.2) is 0 Å². The number of nitrogens with zero attached hydrogens (tertiary/aromatic N) is 1. The Hall–Kier alpha value is -2.69. The molecule has 0 spiro atoms. The number of hydrogen-bond acceptors (Lipinski definition) is 3. The Labute approximate surface area is 129 Å². The molecule has 0 aliphatic carbocycles. The topological polar surface area (TPSA) is 71.1 Å². The molecular weight excluding hydrogens is 278 g/mol. The van der Waals surface area contributed by atoms with Crippen molar-refractivity contribution in [2.75, 3.05) is 5.32 Å². The predicted octanol–water partition coefficient (Wildman–Crippen LogP) is 2.34. The lowest BCUT2D eigenvalue weighted by atomic mass is 10.1. The van der Waals surface area contributed by atoms with E-state index >= 15 is 0 Å². The van der Waals surface area contributed by atoms with Crippen LogP contribution in [-0.4, -0.2) is 16.8 Å². The molecule has 2 amide bonds. The van der Waals surface area contributed by atoms with E-state index in [1.165, 1.54) is 0 Å². The quantitative estimate of drug-likeness (QED) is 0.832. The summed E-state index contributed by atoms with van der Waals surface area (Å²) in [5, 5.41) is 5.45. The maximum absolute atomic E-state index is 11.9. The molecule has 0 aliphatic rings. The minimum atomic E-state index is -0.322. The number of carbonyl (C=O) groups is 2. The van der Waals surface area contributed by atoms with Crippen molar-refractivity contribution in [3.63, 3.8) is 0 Å². The summed E-state index contributed by atoms with van der Waals surface area (Å²) in [6, 6.07) is 9.41. The van der Waals surface area contributed by atoms with Crippen LogP contribution in [0.5, 0.6) is 0 Å². The van der Waals surface area contributed by atoms with Crippen molar-refractivity contribution < 1.29 is 9.59 Å². The van der Waals surface area contributed by atoms with Gasteiger partial charge in [0.05, 0.1) is 0 Å². The standard InChI is InChI=1S/C17H19N3O2/c1-12-7-13(2)9-15(8-12)20-17(22)10-16(21)19-11-14-3-5-18-6-4-14/h3-9H,10-11H2,1-2H3,(H,19,21)(H,20,22). The minimum absolute atomic E-state index is 0.196. The smallest absolute Gasteiger partial charge is 0.233 e.